The molecule has 0 saturated carbocycles. The first-order valence-corrected chi connectivity index (χ1v) is 24.6. The van der Waals surface area contributed by atoms with Gasteiger partial charge in [0.2, 0.25) is 17.1 Å². The molecule has 9 aromatic rings. The van der Waals surface area contributed by atoms with Crippen LogP contribution < -0.4 is 25.2 Å². The topological polar surface area (TPSA) is 105 Å². The molecule has 2 amide bonds. The molecule has 0 aromatic heterocycles. The van der Waals surface area contributed by atoms with Crippen LogP contribution in [0.3, 0.4) is 0 Å². The number of carbonyl (C=O) groups is 3. The molecular weight excluding hydrogens is 913 g/mol. The Bertz CT molecular complexity index is 3740. The van der Waals surface area contributed by atoms with Crippen LogP contribution in [0.15, 0.2) is 235 Å². The van der Waals surface area contributed by atoms with Crippen LogP contribution in [0, 0.1) is 27.7 Å². The van der Waals surface area contributed by atoms with Crippen molar-refractivity contribution in [3.05, 3.63) is 285 Å². The molecule has 0 aliphatic heterocycles. The standard InChI is InChI=1S/C66H50N4O4/c1-41-23-31-47(32-24-41)69(48-33-25-42(2)26-34-48)57-39-55(67-65(73)45-15-7-5-8-16-45)59(53-21-13-11-19-51(53)57)61-63(71)62(64(61)72)60-54-22-14-12-20-52(54)58(40-56(60)68-66(74)46-17-9-6-10-18-46)70(49-35-27-43(3)28-36-49)50-37-29-44(4)30-38-50/h5-40H,1-4H3,(H2,67,68,71,72,73,74). The summed E-state index contributed by atoms with van der Waals surface area (Å²) in [6, 6.07) is 67.8. The van der Waals surface area contributed by atoms with Gasteiger partial charge in [0.25, 0.3) is 11.8 Å². The van der Waals surface area contributed by atoms with E-state index in [0.29, 0.717) is 33.2 Å². The smallest absolute Gasteiger partial charge is 0.255 e. The highest BCUT2D eigenvalue weighted by Crippen LogP contribution is 2.50. The van der Waals surface area contributed by atoms with E-state index in [2.05, 4.69) is 117 Å². The second-order valence-electron chi connectivity index (χ2n) is 18.8. The number of carbonyl (C=O) groups excluding carboxylic acids is 3. The molecule has 2 aliphatic carbocycles. The predicted molar refractivity (Wildman–Crippen MR) is 298 cm³/mol. The van der Waals surface area contributed by atoms with Gasteiger partial charge < -0.3 is 20.6 Å². The highest BCUT2D eigenvalue weighted by atomic mass is 16.3. The minimum absolute atomic E-state index is 0.0715. The molecule has 8 heteroatoms. The first kappa shape index (κ1) is 46.7. The fourth-order valence-corrected chi connectivity index (χ4v) is 9.86. The molecule has 0 saturated heterocycles. The molecule has 2 aliphatic rings. The van der Waals surface area contributed by atoms with E-state index in [1.165, 1.54) is 0 Å². The van der Waals surface area contributed by atoms with Crippen LogP contribution in [0.25, 0.3) is 21.9 Å². The number of benzene rings is 9. The van der Waals surface area contributed by atoms with E-state index in [0.717, 1.165) is 67.4 Å². The Labute approximate surface area is 430 Å². The van der Waals surface area contributed by atoms with Crippen molar-refractivity contribution in [1.29, 1.82) is 0 Å². The number of aryl methyl sites for hydroxylation is 4. The van der Waals surface area contributed by atoms with Crippen molar-refractivity contribution in [2.45, 2.75) is 27.7 Å². The van der Waals surface area contributed by atoms with Crippen molar-refractivity contribution in [1.82, 2.24) is 9.89 Å². The van der Waals surface area contributed by atoms with Crippen LogP contribution in [0.4, 0.5) is 34.1 Å². The van der Waals surface area contributed by atoms with Crippen LogP contribution in [-0.2, 0) is 4.79 Å². The molecule has 0 heterocycles. The lowest BCUT2D eigenvalue weighted by Crippen LogP contribution is -2.35. The summed E-state index contributed by atoms with van der Waals surface area (Å²) in [4.78, 5) is 46.4. The van der Waals surface area contributed by atoms with Gasteiger partial charge in [-0.2, -0.15) is 4.58 Å². The lowest BCUT2D eigenvalue weighted by Gasteiger charge is -2.37. The summed E-state index contributed by atoms with van der Waals surface area (Å²) in [5.74, 6) is -1.85. The third-order valence-corrected chi connectivity index (χ3v) is 13.7. The maximum atomic E-state index is 15.6. The van der Waals surface area contributed by atoms with Gasteiger partial charge in [-0.1, -0.05) is 155 Å². The van der Waals surface area contributed by atoms with Gasteiger partial charge in [-0.25, -0.2) is 0 Å². The van der Waals surface area contributed by atoms with Gasteiger partial charge in [-0.15, -0.1) is 0 Å². The molecule has 0 atom stereocenters. The molecule has 0 radical (unpaired) electrons. The summed E-state index contributed by atoms with van der Waals surface area (Å²) in [6.45, 7) is 8.16. The highest BCUT2D eigenvalue weighted by Gasteiger charge is 2.40. The van der Waals surface area contributed by atoms with E-state index in [1.807, 2.05) is 101 Å². The molecule has 0 spiro atoms. The van der Waals surface area contributed by atoms with E-state index in [1.54, 1.807) is 48.5 Å². The Morgan fingerprint density at radius 3 is 1.43 bits per heavy atom. The molecule has 9 aromatic carbocycles. The number of Topliss-reactive ketones (excluding diaryl/α,β-unsaturated/α-hetero) is 1. The Kier molecular flexibility index (Phi) is 12.3. The molecule has 0 bridgehead atoms. The number of hydrogen-bond acceptors (Lipinski definition) is 5. The third kappa shape index (κ3) is 8.68. The van der Waals surface area contributed by atoms with Crippen molar-refractivity contribution >= 4 is 79.4 Å². The summed E-state index contributed by atoms with van der Waals surface area (Å²) < 4.78 is 2.13. The molecule has 74 heavy (non-hydrogen) atoms. The zero-order valence-electron chi connectivity index (χ0n) is 41.3. The van der Waals surface area contributed by atoms with Crippen LogP contribution in [-0.4, -0.2) is 23.3 Å². The first-order valence-electron chi connectivity index (χ1n) is 24.6. The summed E-state index contributed by atoms with van der Waals surface area (Å²) in [7, 11) is 0. The largest absolute Gasteiger partial charge is 0.871 e. The fourth-order valence-electron chi connectivity index (χ4n) is 9.86. The van der Waals surface area contributed by atoms with Gasteiger partial charge >= 0.3 is 0 Å². The van der Waals surface area contributed by atoms with Gasteiger partial charge in [0.15, 0.2) is 5.78 Å². The molecular formula is C66H50N4O4. The molecule has 11 rings (SSSR count). The summed E-state index contributed by atoms with van der Waals surface area (Å²) in [5, 5.41) is 23.3. The van der Waals surface area contributed by atoms with Crippen LogP contribution in [0.1, 0.15) is 59.7 Å². The van der Waals surface area contributed by atoms with Gasteiger partial charge in [0.1, 0.15) is 0 Å². The van der Waals surface area contributed by atoms with E-state index in [9.17, 15) is 9.59 Å². The summed E-state index contributed by atoms with van der Waals surface area (Å²) in [5.41, 5.74) is 12.5. The van der Waals surface area contributed by atoms with Crippen molar-refractivity contribution in [3.63, 3.8) is 0 Å². The summed E-state index contributed by atoms with van der Waals surface area (Å²) >= 11 is 0. The van der Waals surface area contributed by atoms with Crippen molar-refractivity contribution in [2.24, 2.45) is 0 Å². The first-order chi connectivity index (χ1) is 36.0. The maximum absolute atomic E-state index is 15.6. The van der Waals surface area contributed by atoms with E-state index >= 15 is 9.90 Å². The maximum Gasteiger partial charge on any atom is 0.255 e. The SMILES string of the molecule is Cc1ccc(N(c2ccc(C)cc2)c2cc(NC(=O)c3ccccc3)c(C3=C([O-])/C(=C4\C(NC(=O)c5ccccc5)=CC(=[N+](c5ccc(C)cc5)c5ccc(C)cc5)c5ccccc54)C3=O)c3ccccc23)cc1. The number of allylic oxidation sites excluding steroid dienone is 4. The fraction of sp³-hybridized carbons (Fsp3) is 0.0606. The van der Waals surface area contributed by atoms with Crippen LogP contribution >= 0.6 is 0 Å². The van der Waals surface area contributed by atoms with Crippen molar-refractivity contribution in [2.75, 3.05) is 10.2 Å². The average Bonchev–Trinajstić information content (AvgIpc) is 3.44. The number of nitrogens with zero attached hydrogens (tertiary/aromatic N) is 2. The van der Waals surface area contributed by atoms with Crippen molar-refractivity contribution in [3.8, 4) is 0 Å². The highest BCUT2D eigenvalue weighted by molar-refractivity contribution is 6.44. The second-order valence-corrected chi connectivity index (χ2v) is 18.8. The van der Waals surface area contributed by atoms with Gasteiger partial charge in [0.05, 0.1) is 22.6 Å². The Morgan fingerprint density at radius 2 is 0.919 bits per heavy atom. The molecule has 8 nitrogen and oxygen atoms in total. The number of fused-ring (bicyclic) bond motifs is 2. The number of anilines is 4. The molecule has 0 unspecified atom stereocenters. The zero-order valence-corrected chi connectivity index (χ0v) is 41.3. The minimum atomic E-state index is -0.515. The molecule has 358 valence electrons. The number of rotatable bonds is 10. The lowest BCUT2D eigenvalue weighted by molar-refractivity contribution is -0.297. The number of amides is 2. The lowest BCUT2D eigenvalue weighted by atomic mass is 9.74. The predicted octanol–water partition coefficient (Wildman–Crippen LogP) is 13.6. The second kappa shape index (κ2) is 19.5. The number of hydrogen-bond donors (Lipinski definition) is 2. The minimum Gasteiger partial charge on any atom is -0.871 e. The van der Waals surface area contributed by atoms with Gasteiger partial charge in [-0.3, -0.25) is 14.4 Å². The Balaban J connectivity index is 1.17. The van der Waals surface area contributed by atoms with E-state index in [-0.39, 0.29) is 22.5 Å². The van der Waals surface area contributed by atoms with Crippen molar-refractivity contribution < 1.29 is 19.5 Å². The quantitative estimate of drug-likeness (QED) is 0.105. The summed E-state index contributed by atoms with van der Waals surface area (Å²) in [6.07, 6.45) is 1.87. The van der Waals surface area contributed by atoms with Crippen LogP contribution in [0.2, 0.25) is 0 Å². The molecule has 0 fully saturated rings. The normalized spacial score (nSPS) is 14.0. The monoisotopic (exact) mass is 962 g/mol. The molecule has 2 N–H and O–H groups in total. The third-order valence-electron chi connectivity index (χ3n) is 13.7. The van der Waals surface area contributed by atoms with E-state index in [4.69, 9.17) is 0 Å². The Hall–Kier alpha value is -9.66. The van der Waals surface area contributed by atoms with Gasteiger partial charge in [0, 0.05) is 80.5 Å². The number of nitrogens with one attached hydrogen (secondary N) is 2. The van der Waals surface area contributed by atoms with E-state index < -0.39 is 23.4 Å². The number of ketones is 1. The van der Waals surface area contributed by atoms with Gasteiger partial charge in [-0.05, 0) is 99.3 Å². The zero-order chi connectivity index (χ0) is 51.0. The Morgan fingerprint density at radius 1 is 0.473 bits per heavy atom. The average molecular weight is 963 g/mol. The van der Waals surface area contributed by atoms with Crippen LogP contribution in [0.5, 0.6) is 0 Å².